The molecule has 148 valence electrons. The highest BCUT2D eigenvalue weighted by atomic mass is 16.2. The quantitative estimate of drug-likeness (QED) is 0.497. The molecule has 0 aliphatic carbocycles. The van der Waals surface area contributed by atoms with Gasteiger partial charge in [-0.25, -0.2) is 0 Å². The minimum atomic E-state index is -0.350. The van der Waals surface area contributed by atoms with E-state index in [1.807, 2.05) is 94.6 Å². The van der Waals surface area contributed by atoms with Crippen LogP contribution in [-0.2, 0) is 11.2 Å². The molecule has 1 amide bonds. The van der Waals surface area contributed by atoms with Crippen LogP contribution < -0.4 is 4.90 Å². The molecule has 0 bridgehead atoms. The molecule has 30 heavy (non-hydrogen) atoms. The average Bonchev–Trinajstić information content (AvgIpc) is 3.35. The van der Waals surface area contributed by atoms with Gasteiger partial charge >= 0.3 is 0 Å². The fraction of sp³-hybridized carbons (Fsp3) is 0.154. The number of hydrogen-bond acceptors (Lipinski definition) is 2. The molecule has 5 rings (SSSR count). The summed E-state index contributed by atoms with van der Waals surface area (Å²) in [6, 6.07) is 30.4. The second-order valence-electron chi connectivity index (χ2n) is 7.68. The first-order valence-electron chi connectivity index (χ1n) is 10.3. The highest BCUT2D eigenvalue weighted by Gasteiger charge is 2.34. The zero-order chi connectivity index (χ0) is 20.3. The molecule has 0 radical (unpaired) electrons. The van der Waals surface area contributed by atoms with Crippen molar-refractivity contribution in [2.45, 2.75) is 18.4 Å². The Morgan fingerprint density at radius 2 is 1.47 bits per heavy atom. The van der Waals surface area contributed by atoms with Gasteiger partial charge in [0.1, 0.15) is 0 Å². The molecule has 3 aromatic carbocycles. The maximum Gasteiger partial charge on any atom is 0.239 e. The molecule has 1 unspecified atom stereocenters. The summed E-state index contributed by atoms with van der Waals surface area (Å²) < 4.78 is 1.97. The van der Waals surface area contributed by atoms with Crippen molar-refractivity contribution in [3.63, 3.8) is 0 Å². The van der Waals surface area contributed by atoms with Crippen LogP contribution >= 0.6 is 0 Å². The second-order valence-corrected chi connectivity index (χ2v) is 7.68. The third-order valence-corrected chi connectivity index (χ3v) is 5.81. The van der Waals surface area contributed by atoms with Crippen LogP contribution in [0.4, 0.5) is 5.69 Å². The Labute approximate surface area is 176 Å². The van der Waals surface area contributed by atoms with Crippen LogP contribution in [0.15, 0.2) is 103 Å². The van der Waals surface area contributed by atoms with Gasteiger partial charge in [-0.1, -0.05) is 78.9 Å². The third-order valence-electron chi connectivity index (χ3n) is 5.81. The summed E-state index contributed by atoms with van der Waals surface area (Å²) in [5, 5.41) is 4.45. The molecule has 2 heterocycles. The molecule has 0 fully saturated rings. The lowest BCUT2D eigenvalue weighted by molar-refractivity contribution is -0.119. The zero-order valence-electron chi connectivity index (χ0n) is 16.6. The van der Waals surface area contributed by atoms with Gasteiger partial charge in [0.25, 0.3) is 0 Å². The molecule has 1 aliphatic rings. The van der Waals surface area contributed by atoms with Gasteiger partial charge in [-0.15, -0.1) is 0 Å². The Morgan fingerprint density at radius 3 is 2.10 bits per heavy atom. The minimum Gasteiger partial charge on any atom is -0.309 e. The van der Waals surface area contributed by atoms with Gasteiger partial charge in [0.2, 0.25) is 5.91 Å². The van der Waals surface area contributed by atoms with E-state index in [1.165, 1.54) is 5.56 Å². The zero-order valence-corrected chi connectivity index (χ0v) is 16.6. The van der Waals surface area contributed by atoms with E-state index in [0.717, 1.165) is 23.2 Å². The Kier molecular flexibility index (Phi) is 4.89. The number of amides is 1. The van der Waals surface area contributed by atoms with Crippen molar-refractivity contribution in [1.82, 2.24) is 9.78 Å². The number of para-hydroxylation sites is 1. The second kappa shape index (κ2) is 7.99. The molecule has 4 nitrogen and oxygen atoms in total. The highest BCUT2D eigenvalue weighted by molar-refractivity contribution is 6.01. The van der Waals surface area contributed by atoms with E-state index >= 15 is 0 Å². The third kappa shape index (κ3) is 3.41. The van der Waals surface area contributed by atoms with Crippen molar-refractivity contribution in [1.29, 1.82) is 0 Å². The summed E-state index contributed by atoms with van der Waals surface area (Å²) in [5.41, 5.74) is 4.19. The molecule has 1 aromatic heterocycles. The summed E-state index contributed by atoms with van der Waals surface area (Å²) in [6.45, 7) is 0.605. The maximum absolute atomic E-state index is 14.1. The van der Waals surface area contributed by atoms with Crippen LogP contribution in [0.3, 0.4) is 0 Å². The summed E-state index contributed by atoms with van der Waals surface area (Å²) in [5.74, 6) is -0.256. The van der Waals surface area contributed by atoms with Gasteiger partial charge < -0.3 is 4.90 Å². The number of fused-ring (bicyclic) bond motifs is 1. The van der Waals surface area contributed by atoms with E-state index in [1.54, 1.807) is 6.20 Å². The van der Waals surface area contributed by atoms with E-state index in [0.29, 0.717) is 6.54 Å². The minimum absolute atomic E-state index is 0.0942. The van der Waals surface area contributed by atoms with Crippen molar-refractivity contribution in [2.24, 2.45) is 0 Å². The number of carbonyl (C=O) groups is 1. The average molecular weight is 393 g/mol. The first-order chi connectivity index (χ1) is 14.8. The van der Waals surface area contributed by atoms with Gasteiger partial charge in [0.15, 0.2) is 0 Å². The Bertz CT molecular complexity index is 1080. The molecule has 1 atom stereocenters. The topological polar surface area (TPSA) is 38.1 Å². The molecule has 4 heteroatoms. The number of rotatable bonds is 4. The first-order valence-corrected chi connectivity index (χ1v) is 10.3. The highest BCUT2D eigenvalue weighted by Crippen LogP contribution is 2.36. The molecule has 0 saturated heterocycles. The van der Waals surface area contributed by atoms with Gasteiger partial charge in [0, 0.05) is 24.6 Å². The normalized spacial score (nSPS) is 15.8. The Morgan fingerprint density at radius 1 is 0.833 bits per heavy atom. The number of anilines is 1. The number of benzene rings is 3. The number of hydrogen-bond donors (Lipinski definition) is 0. The SMILES string of the molecule is O=C(C(c1ccccc1)c1ccccc1)N1CC(n2cccn2)Cc2ccccc21. The standard InChI is InChI=1S/C26H23N3O/c30-26(25(20-10-3-1-4-11-20)21-12-5-2-6-13-21)28-19-23(29-17-9-16-27-29)18-22-14-7-8-15-24(22)28/h1-17,23,25H,18-19H2. The molecule has 1 aliphatic heterocycles. The predicted molar refractivity (Wildman–Crippen MR) is 118 cm³/mol. The van der Waals surface area contributed by atoms with Gasteiger partial charge in [0.05, 0.1) is 12.0 Å². The maximum atomic E-state index is 14.1. The van der Waals surface area contributed by atoms with E-state index in [2.05, 4.69) is 17.2 Å². The van der Waals surface area contributed by atoms with Crippen molar-refractivity contribution >= 4 is 11.6 Å². The van der Waals surface area contributed by atoms with Crippen molar-refractivity contribution in [2.75, 3.05) is 11.4 Å². The Hall–Kier alpha value is -3.66. The van der Waals surface area contributed by atoms with Crippen molar-refractivity contribution in [3.05, 3.63) is 120 Å². The fourth-order valence-electron chi connectivity index (χ4n) is 4.38. The largest absolute Gasteiger partial charge is 0.309 e. The summed E-state index contributed by atoms with van der Waals surface area (Å²) >= 11 is 0. The number of carbonyl (C=O) groups excluding carboxylic acids is 1. The molecular weight excluding hydrogens is 370 g/mol. The lowest BCUT2D eigenvalue weighted by Gasteiger charge is -2.37. The predicted octanol–water partition coefficient (Wildman–Crippen LogP) is 4.85. The van der Waals surface area contributed by atoms with Crippen molar-refractivity contribution < 1.29 is 4.79 Å². The molecular formula is C26H23N3O. The molecule has 4 aromatic rings. The van der Waals surface area contributed by atoms with Crippen LogP contribution in [0.2, 0.25) is 0 Å². The van der Waals surface area contributed by atoms with E-state index in [4.69, 9.17) is 0 Å². The first kappa shape index (κ1) is 18.4. The van der Waals surface area contributed by atoms with E-state index in [-0.39, 0.29) is 17.9 Å². The summed E-state index contributed by atoms with van der Waals surface area (Å²) in [4.78, 5) is 16.0. The smallest absolute Gasteiger partial charge is 0.239 e. The van der Waals surface area contributed by atoms with Gasteiger partial charge in [-0.3, -0.25) is 9.48 Å². The number of nitrogens with zero attached hydrogens (tertiary/aromatic N) is 3. The fourth-order valence-corrected chi connectivity index (χ4v) is 4.38. The van der Waals surface area contributed by atoms with Gasteiger partial charge in [-0.2, -0.15) is 5.10 Å². The summed E-state index contributed by atoms with van der Waals surface area (Å²) in [7, 11) is 0. The van der Waals surface area contributed by atoms with Crippen LogP contribution in [0.25, 0.3) is 0 Å². The van der Waals surface area contributed by atoms with Crippen LogP contribution in [0.1, 0.15) is 28.7 Å². The molecule has 0 spiro atoms. The van der Waals surface area contributed by atoms with Crippen LogP contribution in [-0.4, -0.2) is 22.2 Å². The van der Waals surface area contributed by atoms with E-state index < -0.39 is 0 Å². The summed E-state index contributed by atoms with van der Waals surface area (Å²) in [6.07, 6.45) is 4.64. The lowest BCUT2D eigenvalue weighted by atomic mass is 9.88. The van der Waals surface area contributed by atoms with E-state index in [9.17, 15) is 4.79 Å². The van der Waals surface area contributed by atoms with Crippen LogP contribution in [0, 0.1) is 0 Å². The lowest BCUT2D eigenvalue weighted by Crippen LogP contribution is -2.43. The monoisotopic (exact) mass is 393 g/mol. The molecule has 0 N–H and O–H groups in total. The van der Waals surface area contributed by atoms with Gasteiger partial charge in [-0.05, 0) is 35.2 Å². The molecule has 0 saturated carbocycles. The van der Waals surface area contributed by atoms with Crippen LogP contribution in [0.5, 0.6) is 0 Å². The Balaban J connectivity index is 1.58. The van der Waals surface area contributed by atoms with Crippen molar-refractivity contribution in [3.8, 4) is 0 Å². The number of aromatic nitrogens is 2.